The second-order valence-electron chi connectivity index (χ2n) is 7.82. The SMILES string of the molecule is Cc1ccc(NC(=O)C(=O)N/N=C\c2ccc(OCC(=O)Nc3cc(Cl)ccc3C)cc2)cc1C. The summed E-state index contributed by atoms with van der Waals surface area (Å²) in [7, 11) is 0. The van der Waals surface area contributed by atoms with Crippen molar-refractivity contribution in [1.82, 2.24) is 5.43 Å². The van der Waals surface area contributed by atoms with E-state index in [1.165, 1.54) is 6.21 Å². The number of amides is 3. The molecule has 35 heavy (non-hydrogen) atoms. The van der Waals surface area contributed by atoms with Gasteiger partial charge < -0.3 is 15.4 Å². The van der Waals surface area contributed by atoms with E-state index in [-0.39, 0.29) is 12.5 Å². The fraction of sp³-hybridized carbons (Fsp3) is 0.154. The highest BCUT2D eigenvalue weighted by molar-refractivity contribution is 6.39. The molecule has 0 aromatic heterocycles. The van der Waals surface area contributed by atoms with Crippen molar-refractivity contribution in [3.05, 3.63) is 87.9 Å². The molecule has 0 heterocycles. The number of carbonyl (C=O) groups is 3. The maximum absolute atomic E-state index is 12.2. The number of hydrazone groups is 1. The molecule has 0 saturated heterocycles. The van der Waals surface area contributed by atoms with E-state index in [2.05, 4.69) is 21.2 Å². The van der Waals surface area contributed by atoms with Crippen LogP contribution in [0, 0.1) is 20.8 Å². The first kappa shape index (κ1) is 25.5. The molecule has 8 nitrogen and oxygen atoms in total. The number of hydrogen-bond acceptors (Lipinski definition) is 5. The summed E-state index contributed by atoms with van der Waals surface area (Å²) in [4.78, 5) is 36.1. The lowest BCUT2D eigenvalue weighted by Gasteiger charge is -2.10. The maximum Gasteiger partial charge on any atom is 0.329 e. The molecule has 3 aromatic rings. The summed E-state index contributed by atoms with van der Waals surface area (Å²) < 4.78 is 5.50. The van der Waals surface area contributed by atoms with Crippen LogP contribution in [0.15, 0.2) is 65.8 Å². The van der Waals surface area contributed by atoms with Gasteiger partial charge in [0, 0.05) is 16.4 Å². The highest BCUT2D eigenvalue weighted by Gasteiger charge is 2.13. The van der Waals surface area contributed by atoms with E-state index in [1.54, 1.807) is 48.5 Å². The minimum atomic E-state index is -0.889. The third-order valence-corrected chi connectivity index (χ3v) is 5.31. The molecule has 0 radical (unpaired) electrons. The van der Waals surface area contributed by atoms with Crippen LogP contribution in [-0.2, 0) is 14.4 Å². The van der Waals surface area contributed by atoms with Gasteiger partial charge in [-0.3, -0.25) is 14.4 Å². The van der Waals surface area contributed by atoms with Crippen LogP contribution < -0.4 is 20.8 Å². The summed E-state index contributed by atoms with van der Waals surface area (Å²) in [5.74, 6) is -1.54. The van der Waals surface area contributed by atoms with Gasteiger partial charge in [0.15, 0.2) is 6.61 Å². The Balaban J connectivity index is 1.45. The zero-order valence-electron chi connectivity index (χ0n) is 19.5. The average molecular weight is 493 g/mol. The minimum absolute atomic E-state index is 0.176. The van der Waals surface area contributed by atoms with Crippen LogP contribution in [0.25, 0.3) is 0 Å². The molecule has 0 spiro atoms. The van der Waals surface area contributed by atoms with Gasteiger partial charge in [-0.1, -0.05) is 23.7 Å². The number of ether oxygens (including phenoxy) is 1. The third-order valence-electron chi connectivity index (χ3n) is 5.07. The first-order valence-electron chi connectivity index (χ1n) is 10.7. The van der Waals surface area contributed by atoms with Gasteiger partial charge in [0.2, 0.25) is 0 Å². The molecule has 3 aromatic carbocycles. The first-order chi connectivity index (χ1) is 16.7. The van der Waals surface area contributed by atoms with E-state index < -0.39 is 11.8 Å². The Kier molecular flexibility index (Phi) is 8.58. The second kappa shape index (κ2) is 11.8. The van der Waals surface area contributed by atoms with Crippen LogP contribution in [0.3, 0.4) is 0 Å². The fourth-order valence-corrected chi connectivity index (χ4v) is 3.11. The predicted octanol–water partition coefficient (Wildman–Crippen LogP) is 4.37. The standard InChI is InChI=1S/C26H25ClN4O4/c1-16-5-9-21(12-18(16)3)29-25(33)26(34)31-28-14-19-6-10-22(11-7-19)35-15-24(32)30-23-13-20(27)8-4-17(23)2/h4-14H,15H2,1-3H3,(H,29,33)(H,30,32)(H,31,34)/b28-14-. The molecule has 3 N–H and O–H groups in total. The molecule has 0 atom stereocenters. The Morgan fingerprint density at radius 2 is 1.57 bits per heavy atom. The number of nitrogens with zero attached hydrogens (tertiary/aromatic N) is 1. The van der Waals surface area contributed by atoms with E-state index in [0.717, 1.165) is 16.7 Å². The molecular formula is C26H25ClN4O4. The molecular weight excluding hydrogens is 468 g/mol. The van der Waals surface area contributed by atoms with Gasteiger partial charge >= 0.3 is 11.8 Å². The monoisotopic (exact) mass is 492 g/mol. The van der Waals surface area contributed by atoms with Crippen molar-refractivity contribution in [2.24, 2.45) is 5.10 Å². The zero-order valence-corrected chi connectivity index (χ0v) is 20.3. The summed E-state index contributed by atoms with van der Waals surface area (Å²) in [6, 6.07) is 17.3. The number of rotatable bonds is 7. The molecule has 3 amide bonds. The summed E-state index contributed by atoms with van der Waals surface area (Å²) in [5, 5.41) is 9.62. The van der Waals surface area contributed by atoms with Gasteiger partial charge in [-0.2, -0.15) is 5.10 Å². The summed E-state index contributed by atoms with van der Waals surface area (Å²) in [5.41, 5.74) is 6.99. The fourth-order valence-electron chi connectivity index (χ4n) is 2.94. The minimum Gasteiger partial charge on any atom is -0.484 e. The van der Waals surface area contributed by atoms with Gasteiger partial charge in [-0.15, -0.1) is 0 Å². The van der Waals surface area contributed by atoms with Crippen molar-refractivity contribution < 1.29 is 19.1 Å². The Hall–Kier alpha value is -4.17. The van der Waals surface area contributed by atoms with Crippen molar-refractivity contribution in [1.29, 1.82) is 0 Å². The average Bonchev–Trinajstić information content (AvgIpc) is 2.83. The number of benzene rings is 3. The van der Waals surface area contributed by atoms with Gasteiger partial charge in [0.25, 0.3) is 5.91 Å². The number of nitrogens with one attached hydrogen (secondary N) is 3. The lowest BCUT2D eigenvalue weighted by molar-refractivity contribution is -0.136. The van der Waals surface area contributed by atoms with Crippen LogP contribution in [0.5, 0.6) is 5.75 Å². The van der Waals surface area contributed by atoms with Gasteiger partial charge in [-0.05, 0) is 91.6 Å². The number of anilines is 2. The highest BCUT2D eigenvalue weighted by atomic mass is 35.5. The highest BCUT2D eigenvalue weighted by Crippen LogP contribution is 2.20. The largest absolute Gasteiger partial charge is 0.484 e. The number of carbonyl (C=O) groups excluding carboxylic acids is 3. The molecule has 0 unspecified atom stereocenters. The Morgan fingerprint density at radius 1 is 0.857 bits per heavy atom. The van der Waals surface area contributed by atoms with Crippen molar-refractivity contribution in [3.8, 4) is 5.75 Å². The Morgan fingerprint density at radius 3 is 2.29 bits per heavy atom. The molecule has 0 saturated carbocycles. The summed E-state index contributed by atoms with van der Waals surface area (Å²) in [6.45, 7) is 5.57. The van der Waals surface area contributed by atoms with Crippen molar-refractivity contribution in [2.75, 3.05) is 17.2 Å². The van der Waals surface area contributed by atoms with E-state index in [9.17, 15) is 14.4 Å². The van der Waals surface area contributed by atoms with Gasteiger partial charge in [0.05, 0.1) is 6.21 Å². The quantitative estimate of drug-likeness (QED) is 0.258. The number of halogens is 1. The van der Waals surface area contributed by atoms with Crippen molar-refractivity contribution >= 4 is 46.9 Å². The van der Waals surface area contributed by atoms with Crippen LogP contribution in [0.4, 0.5) is 11.4 Å². The summed E-state index contributed by atoms with van der Waals surface area (Å²) >= 11 is 5.96. The number of aryl methyl sites for hydroxylation is 3. The van der Waals surface area contributed by atoms with Crippen LogP contribution in [0.2, 0.25) is 5.02 Å². The third kappa shape index (κ3) is 7.68. The van der Waals surface area contributed by atoms with E-state index in [1.807, 2.05) is 32.9 Å². The first-order valence-corrected chi connectivity index (χ1v) is 11.1. The van der Waals surface area contributed by atoms with E-state index >= 15 is 0 Å². The van der Waals surface area contributed by atoms with Crippen LogP contribution >= 0.6 is 11.6 Å². The Labute approximate surface area is 208 Å². The molecule has 9 heteroatoms. The van der Waals surface area contributed by atoms with Gasteiger partial charge in [-0.25, -0.2) is 5.43 Å². The molecule has 0 fully saturated rings. The van der Waals surface area contributed by atoms with E-state index in [4.69, 9.17) is 16.3 Å². The molecule has 0 aliphatic rings. The summed E-state index contributed by atoms with van der Waals surface area (Å²) in [6.07, 6.45) is 1.39. The lowest BCUT2D eigenvalue weighted by Crippen LogP contribution is -2.32. The topological polar surface area (TPSA) is 109 Å². The molecule has 180 valence electrons. The second-order valence-corrected chi connectivity index (χ2v) is 8.25. The van der Waals surface area contributed by atoms with Crippen LogP contribution in [-0.4, -0.2) is 30.5 Å². The van der Waals surface area contributed by atoms with Crippen LogP contribution in [0.1, 0.15) is 22.3 Å². The zero-order chi connectivity index (χ0) is 25.4. The molecule has 0 aliphatic carbocycles. The van der Waals surface area contributed by atoms with E-state index in [0.29, 0.717) is 27.7 Å². The molecule has 3 rings (SSSR count). The van der Waals surface area contributed by atoms with Crippen molar-refractivity contribution in [2.45, 2.75) is 20.8 Å². The molecule has 0 bridgehead atoms. The predicted molar refractivity (Wildman–Crippen MR) is 137 cm³/mol. The normalized spacial score (nSPS) is 10.6. The van der Waals surface area contributed by atoms with Crippen molar-refractivity contribution in [3.63, 3.8) is 0 Å². The Bertz CT molecular complexity index is 1270. The lowest BCUT2D eigenvalue weighted by atomic mass is 10.1. The smallest absolute Gasteiger partial charge is 0.329 e. The maximum atomic E-state index is 12.2. The number of hydrogen-bond donors (Lipinski definition) is 3. The molecule has 0 aliphatic heterocycles. The van der Waals surface area contributed by atoms with Gasteiger partial charge in [0.1, 0.15) is 5.75 Å².